The highest BCUT2D eigenvalue weighted by Gasteiger charge is 2.53. The van der Waals surface area contributed by atoms with Gasteiger partial charge in [-0.1, -0.05) is 30.3 Å². The maximum absolute atomic E-state index is 15.1. The number of carboxylic acid groups (broad SMARTS) is 1. The van der Waals surface area contributed by atoms with E-state index in [-0.39, 0.29) is 18.9 Å². The highest BCUT2D eigenvalue weighted by molar-refractivity contribution is 5.83. The summed E-state index contributed by atoms with van der Waals surface area (Å²) < 4.78 is 22.1. The van der Waals surface area contributed by atoms with E-state index < -0.39 is 35.5 Å². The summed E-state index contributed by atoms with van der Waals surface area (Å²) in [6.45, 7) is 7.89. The predicted molar refractivity (Wildman–Crippen MR) is 126 cm³/mol. The van der Waals surface area contributed by atoms with Gasteiger partial charge < -0.3 is 9.84 Å². The molecule has 2 saturated carbocycles. The van der Waals surface area contributed by atoms with Gasteiger partial charge in [0.2, 0.25) is 0 Å². The van der Waals surface area contributed by atoms with Crippen LogP contribution < -0.4 is 5.32 Å². The van der Waals surface area contributed by atoms with Crippen molar-refractivity contribution in [1.29, 1.82) is 0 Å². The van der Waals surface area contributed by atoms with Crippen LogP contribution in [-0.4, -0.2) is 49.7 Å². The zero-order valence-corrected chi connectivity index (χ0v) is 20.1. The molecule has 2 N–H and O–H groups in total. The highest BCUT2D eigenvalue weighted by Crippen LogP contribution is 2.48. The number of alkyl halides is 1. The Balaban J connectivity index is 1.50. The average molecular weight is 473 g/mol. The number of nitrogens with zero attached hydrogens (tertiary/aromatic N) is 3. The molecule has 0 radical (unpaired) electrons. The van der Waals surface area contributed by atoms with Crippen LogP contribution in [0.15, 0.2) is 36.4 Å². The van der Waals surface area contributed by atoms with Gasteiger partial charge in [-0.2, -0.15) is 5.10 Å². The van der Waals surface area contributed by atoms with Gasteiger partial charge in [0, 0.05) is 17.5 Å². The minimum Gasteiger partial charge on any atom is -0.465 e. The van der Waals surface area contributed by atoms with E-state index >= 15 is 4.39 Å². The van der Waals surface area contributed by atoms with Crippen molar-refractivity contribution in [3.8, 4) is 0 Å². The Kier molecular flexibility index (Phi) is 6.31. The molecule has 3 atom stereocenters. The van der Waals surface area contributed by atoms with Crippen LogP contribution in [0.3, 0.4) is 0 Å². The van der Waals surface area contributed by atoms with E-state index in [1.165, 1.54) is 4.90 Å². The molecule has 2 amide bonds. The van der Waals surface area contributed by atoms with Crippen molar-refractivity contribution >= 4 is 18.0 Å². The molecule has 0 saturated heterocycles. The molecule has 1 aromatic heterocycles. The highest BCUT2D eigenvalue weighted by atomic mass is 19.1. The van der Waals surface area contributed by atoms with Gasteiger partial charge >= 0.3 is 12.2 Å². The largest absolute Gasteiger partial charge is 0.465 e. The Bertz CT molecular complexity index is 1040. The molecule has 0 aliphatic heterocycles. The van der Waals surface area contributed by atoms with Gasteiger partial charge in [0.15, 0.2) is 0 Å². The van der Waals surface area contributed by atoms with E-state index in [9.17, 15) is 14.7 Å². The van der Waals surface area contributed by atoms with Crippen molar-refractivity contribution in [2.24, 2.45) is 0 Å². The second-order valence-corrected chi connectivity index (χ2v) is 10.6. The molecule has 8 nitrogen and oxygen atoms in total. The summed E-state index contributed by atoms with van der Waals surface area (Å²) >= 11 is 0. The van der Waals surface area contributed by atoms with Crippen molar-refractivity contribution in [2.75, 3.05) is 5.32 Å². The topological polar surface area (TPSA) is 96.7 Å². The van der Waals surface area contributed by atoms with E-state index in [0.717, 1.165) is 18.4 Å². The number of halogens is 1. The van der Waals surface area contributed by atoms with Gasteiger partial charge in [-0.15, -0.1) is 0 Å². The van der Waals surface area contributed by atoms with Crippen LogP contribution in [-0.2, 0) is 16.9 Å². The number of nitrogens with one attached hydrogen (secondary N) is 1. The number of amides is 2. The summed E-state index contributed by atoms with van der Waals surface area (Å²) in [6.07, 6.45) is -0.864. The van der Waals surface area contributed by atoms with Crippen LogP contribution >= 0.6 is 0 Å². The summed E-state index contributed by atoms with van der Waals surface area (Å²) in [5, 5.41) is 17.2. The van der Waals surface area contributed by atoms with Gasteiger partial charge in [-0.3, -0.25) is 10.2 Å². The molecule has 0 spiro atoms. The van der Waals surface area contributed by atoms with Crippen molar-refractivity contribution in [1.82, 2.24) is 14.7 Å². The Morgan fingerprint density at radius 2 is 1.94 bits per heavy atom. The third-order valence-corrected chi connectivity index (χ3v) is 6.77. The van der Waals surface area contributed by atoms with Crippen LogP contribution in [0.5, 0.6) is 0 Å². The normalized spacial score (nSPS) is 23.4. The van der Waals surface area contributed by atoms with Crippen LogP contribution in [0.2, 0.25) is 0 Å². The number of rotatable bonds is 6. The molecule has 2 aliphatic carbocycles. The van der Waals surface area contributed by atoms with Gasteiger partial charge in [0.25, 0.3) is 0 Å². The SMILES string of the molecule is CC1(N(C(=O)O)[C@H]2C[C@@H](c3cc(NC(=O)OCc4ccccc4)n(C(C)(C)C)n3)C[C@H]2F)CC1. The predicted octanol–water partition coefficient (Wildman–Crippen LogP) is 5.50. The second-order valence-electron chi connectivity index (χ2n) is 10.6. The van der Waals surface area contributed by atoms with Gasteiger partial charge in [-0.05, 0) is 58.9 Å². The number of carbonyl (C=O) groups excluding carboxylic acids is 1. The van der Waals surface area contributed by atoms with Gasteiger partial charge in [-0.25, -0.2) is 18.7 Å². The lowest BCUT2D eigenvalue weighted by atomic mass is 10.0. The minimum atomic E-state index is -1.26. The monoisotopic (exact) mass is 472 g/mol. The number of hydrogen-bond acceptors (Lipinski definition) is 4. The maximum Gasteiger partial charge on any atom is 0.413 e. The molecule has 4 rings (SSSR count). The van der Waals surface area contributed by atoms with Crippen LogP contribution in [0, 0.1) is 0 Å². The average Bonchev–Trinajstić information content (AvgIpc) is 3.17. The molecule has 2 aliphatic rings. The van der Waals surface area contributed by atoms with Gasteiger partial charge in [0.05, 0.1) is 17.3 Å². The number of carbonyl (C=O) groups is 2. The Labute approximate surface area is 199 Å². The van der Waals surface area contributed by atoms with Gasteiger partial charge in [0.1, 0.15) is 18.6 Å². The summed E-state index contributed by atoms with van der Waals surface area (Å²) in [7, 11) is 0. The zero-order chi connectivity index (χ0) is 24.7. The first-order valence-electron chi connectivity index (χ1n) is 11.7. The number of ether oxygens (including phenoxy) is 1. The van der Waals surface area contributed by atoms with E-state index in [1.807, 2.05) is 58.0 Å². The lowest BCUT2D eigenvalue weighted by Crippen LogP contribution is -2.49. The Morgan fingerprint density at radius 3 is 2.53 bits per heavy atom. The number of benzene rings is 1. The third-order valence-electron chi connectivity index (χ3n) is 6.77. The third kappa shape index (κ3) is 5.03. The van der Waals surface area contributed by atoms with Crippen molar-refractivity contribution < 1.29 is 23.8 Å². The molecular weight excluding hydrogens is 439 g/mol. The number of aromatic nitrogens is 2. The summed E-state index contributed by atoms with van der Waals surface area (Å²) in [4.78, 5) is 25.7. The second kappa shape index (κ2) is 8.92. The minimum absolute atomic E-state index is 0.140. The lowest BCUT2D eigenvalue weighted by Gasteiger charge is -2.33. The molecule has 1 heterocycles. The first-order chi connectivity index (χ1) is 16.0. The summed E-state index contributed by atoms with van der Waals surface area (Å²) in [5.41, 5.74) is 0.600. The summed E-state index contributed by atoms with van der Waals surface area (Å²) in [5.74, 6) is 0.220. The number of hydrogen-bond donors (Lipinski definition) is 2. The molecule has 184 valence electrons. The van der Waals surface area contributed by atoms with Crippen LogP contribution in [0.1, 0.15) is 70.6 Å². The quantitative estimate of drug-likeness (QED) is 0.578. The first kappa shape index (κ1) is 24.0. The molecule has 9 heteroatoms. The standard InChI is InChI=1S/C25H33FN4O4/c1-24(2,3)30-21(27-22(31)34-15-16-8-6-5-7-9-16)14-19(28-30)17-12-18(26)20(13-17)29(23(32)33)25(4)10-11-25/h5-9,14,17-18,20H,10-13,15H2,1-4H3,(H,27,31)(H,32,33)/t17-,18+,20-/m0/s1. The fourth-order valence-corrected chi connectivity index (χ4v) is 4.73. The summed E-state index contributed by atoms with van der Waals surface area (Å²) in [6, 6.07) is 10.4. The fourth-order valence-electron chi connectivity index (χ4n) is 4.73. The van der Waals surface area contributed by atoms with Crippen LogP contribution in [0.25, 0.3) is 0 Å². The molecule has 2 aromatic rings. The van der Waals surface area contributed by atoms with E-state index in [0.29, 0.717) is 17.9 Å². The van der Waals surface area contributed by atoms with Crippen molar-refractivity contribution in [3.63, 3.8) is 0 Å². The zero-order valence-electron chi connectivity index (χ0n) is 20.1. The molecular formula is C25H33FN4O4. The molecule has 0 unspecified atom stereocenters. The molecule has 1 aromatic carbocycles. The molecule has 34 heavy (non-hydrogen) atoms. The maximum atomic E-state index is 15.1. The Morgan fingerprint density at radius 1 is 1.26 bits per heavy atom. The van der Waals surface area contributed by atoms with Crippen molar-refractivity contribution in [2.45, 2.75) is 89.2 Å². The smallest absolute Gasteiger partial charge is 0.413 e. The van der Waals surface area contributed by atoms with Crippen molar-refractivity contribution in [3.05, 3.63) is 47.7 Å². The van der Waals surface area contributed by atoms with E-state index in [2.05, 4.69) is 5.32 Å². The van der Waals surface area contributed by atoms with E-state index in [4.69, 9.17) is 9.84 Å². The van der Waals surface area contributed by atoms with Crippen LogP contribution in [0.4, 0.5) is 19.8 Å². The molecule has 0 bridgehead atoms. The first-order valence-corrected chi connectivity index (χ1v) is 11.7. The lowest BCUT2D eigenvalue weighted by molar-refractivity contribution is 0.0708. The number of anilines is 1. The molecule has 2 fully saturated rings. The fraction of sp³-hybridized carbons (Fsp3) is 0.560. The van der Waals surface area contributed by atoms with E-state index in [1.54, 1.807) is 10.7 Å². The Hall–Kier alpha value is -3.10.